The van der Waals surface area contributed by atoms with Crippen molar-refractivity contribution >= 4 is 11.6 Å². The molecule has 1 unspecified atom stereocenters. The topological polar surface area (TPSA) is 12.5 Å². The summed E-state index contributed by atoms with van der Waals surface area (Å²) in [5.74, 6) is 0.729. The molecule has 0 aromatic carbocycles. The number of alkyl halides is 1. The molecule has 1 saturated heterocycles. The first kappa shape index (κ1) is 12.3. The van der Waals surface area contributed by atoms with Gasteiger partial charge in [-0.3, -0.25) is 4.90 Å². The Kier molecular flexibility index (Phi) is 5.83. The van der Waals surface area contributed by atoms with Crippen LogP contribution in [0.5, 0.6) is 0 Å². The quantitative estimate of drug-likeness (QED) is 0.637. The zero-order valence-electron chi connectivity index (χ0n) is 9.34. The first-order valence-corrected chi connectivity index (χ1v) is 6.26. The van der Waals surface area contributed by atoms with Gasteiger partial charge in [-0.15, -0.1) is 11.6 Å². The van der Waals surface area contributed by atoms with Crippen LogP contribution in [0.15, 0.2) is 0 Å². The molecule has 14 heavy (non-hydrogen) atoms. The van der Waals surface area contributed by atoms with E-state index in [4.69, 9.17) is 16.3 Å². The lowest BCUT2D eigenvalue weighted by Gasteiger charge is -2.34. The number of rotatable bonds is 6. The van der Waals surface area contributed by atoms with Crippen molar-refractivity contribution in [3.8, 4) is 0 Å². The third-order valence-corrected chi connectivity index (χ3v) is 3.30. The molecule has 0 bridgehead atoms. The average Bonchev–Trinajstić information content (AvgIpc) is 2.71. The van der Waals surface area contributed by atoms with Gasteiger partial charge in [-0.2, -0.15) is 0 Å². The van der Waals surface area contributed by atoms with Crippen LogP contribution in [0.25, 0.3) is 0 Å². The minimum absolute atomic E-state index is 0.610. The van der Waals surface area contributed by atoms with Crippen molar-refractivity contribution in [3.63, 3.8) is 0 Å². The number of hydrogen-bond donors (Lipinski definition) is 0. The smallest absolute Gasteiger partial charge is 0.0622 e. The maximum atomic E-state index is 5.85. The number of nitrogens with zero attached hydrogens (tertiary/aromatic N) is 1. The minimum Gasteiger partial charge on any atom is -0.380 e. The van der Waals surface area contributed by atoms with Crippen LogP contribution in [0.3, 0.4) is 0 Å². The van der Waals surface area contributed by atoms with Crippen LogP contribution >= 0.6 is 11.6 Å². The molecule has 1 rings (SSSR count). The van der Waals surface area contributed by atoms with Crippen LogP contribution in [-0.4, -0.2) is 42.6 Å². The van der Waals surface area contributed by atoms with Gasteiger partial charge in [0.25, 0.3) is 0 Å². The van der Waals surface area contributed by atoms with E-state index >= 15 is 0 Å². The zero-order valence-corrected chi connectivity index (χ0v) is 10.1. The predicted molar refractivity (Wildman–Crippen MR) is 61.0 cm³/mol. The molecule has 1 aliphatic heterocycles. The van der Waals surface area contributed by atoms with E-state index in [1.54, 1.807) is 0 Å². The van der Waals surface area contributed by atoms with Crippen LogP contribution in [-0.2, 0) is 4.74 Å². The Morgan fingerprint density at radius 1 is 1.43 bits per heavy atom. The molecule has 0 radical (unpaired) electrons. The van der Waals surface area contributed by atoms with Gasteiger partial charge in [-0.05, 0) is 19.3 Å². The Morgan fingerprint density at radius 3 is 2.57 bits per heavy atom. The van der Waals surface area contributed by atoms with Crippen LogP contribution in [0.1, 0.15) is 33.1 Å². The van der Waals surface area contributed by atoms with Gasteiger partial charge < -0.3 is 4.74 Å². The van der Waals surface area contributed by atoms with Gasteiger partial charge in [-0.1, -0.05) is 13.8 Å². The highest BCUT2D eigenvalue weighted by Crippen LogP contribution is 2.19. The first-order valence-electron chi connectivity index (χ1n) is 5.72. The lowest BCUT2D eigenvalue weighted by molar-refractivity contribution is 0.109. The lowest BCUT2D eigenvalue weighted by Crippen LogP contribution is -2.44. The van der Waals surface area contributed by atoms with Crippen LogP contribution in [0.4, 0.5) is 0 Å². The largest absolute Gasteiger partial charge is 0.380 e. The van der Waals surface area contributed by atoms with E-state index in [1.807, 2.05) is 0 Å². The third-order valence-electron chi connectivity index (χ3n) is 3.13. The molecule has 0 aromatic heterocycles. The van der Waals surface area contributed by atoms with Crippen molar-refractivity contribution in [2.45, 2.75) is 45.2 Å². The van der Waals surface area contributed by atoms with Crippen molar-refractivity contribution in [2.75, 3.05) is 25.6 Å². The predicted octanol–water partition coefficient (Wildman–Crippen LogP) is 2.50. The summed E-state index contributed by atoms with van der Waals surface area (Å²) >= 11 is 5.85. The number of halogens is 1. The molecule has 0 aliphatic carbocycles. The standard InChI is InChI=1S/C11H22ClNO/c1-3-10(4-2)13(7-6-12)11-5-8-14-9-11/h10-11H,3-9H2,1-2H3. The third kappa shape index (κ3) is 3.11. The summed E-state index contributed by atoms with van der Waals surface area (Å²) < 4.78 is 5.44. The van der Waals surface area contributed by atoms with Crippen molar-refractivity contribution in [2.24, 2.45) is 0 Å². The van der Waals surface area contributed by atoms with E-state index in [2.05, 4.69) is 18.7 Å². The monoisotopic (exact) mass is 219 g/mol. The SMILES string of the molecule is CCC(CC)N(CCCl)C1CCOC1. The number of ether oxygens (including phenoxy) is 1. The van der Waals surface area contributed by atoms with Gasteiger partial charge in [0.05, 0.1) is 6.61 Å². The first-order chi connectivity index (χ1) is 6.83. The average molecular weight is 220 g/mol. The lowest BCUT2D eigenvalue weighted by atomic mass is 10.1. The highest BCUT2D eigenvalue weighted by Gasteiger charge is 2.26. The van der Waals surface area contributed by atoms with Crippen molar-refractivity contribution in [1.29, 1.82) is 0 Å². The van der Waals surface area contributed by atoms with E-state index in [0.29, 0.717) is 12.1 Å². The maximum Gasteiger partial charge on any atom is 0.0622 e. The summed E-state index contributed by atoms with van der Waals surface area (Å²) in [6, 6.07) is 1.29. The fraction of sp³-hybridized carbons (Fsp3) is 1.00. The second-order valence-corrected chi connectivity index (χ2v) is 4.29. The number of hydrogen-bond acceptors (Lipinski definition) is 2. The Morgan fingerprint density at radius 2 is 2.14 bits per heavy atom. The Bertz CT molecular complexity index is 142. The molecule has 3 heteroatoms. The molecular weight excluding hydrogens is 198 g/mol. The maximum absolute atomic E-state index is 5.85. The Hall–Kier alpha value is 0.210. The summed E-state index contributed by atoms with van der Waals surface area (Å²) in [6.07, 6.45) is 3.60. The zero-order chi connectivity index (χ0) is 10.4. The van der Waals surface area contributed by atoms with E-state index < -0.39 is 0 Å². The molecular formula is C11H22ClNO. The second-order valence-electron chi connectivity index (χ2n) is 3.91. The van der Waals surface area contributed by atoms with Crippen molar-refractivity contribution < 1.29 is 4.74 Å². The minimum atomic E-state index is 0.610. The summed E-state index contributed by atoms with van der Waals surface area (Å²) in [5, 5.41) is 0. The summed E-state index contributed by atoms with van der Waals surface area (Å²) in [4.78, 5) is 2.54. The summed E-state index contributed by atoms with van der Waals surface area (Å²) in [6.45, 7) is 7.33. The summed E-state index contributed by atoms with van der Waals surface area (Å²) in [7, 11) is 0. The summed E-state index contributed by atoms with van der Waals surface area (Å²) in [5.41, 5.74) is 0. The highest BCUT2D eigenvalue weighted by atomic mass is 35.5. The molecule has 1 fully saturated rings. The Balaban J connectivity index is 2.51. The van der Waals surface area contributed by atoms with E-state index in [0.717, 1.165) is 25.6 Å². The van der Waals surface area contributed by atoms with Crippen LogP contribution in [0, 0.1) is 0 Å². The van der Waals surface area contributed by atoms with Gasteiger partial charge >= 0.3 is 0 Å². The molecule has 0 aromatic rings. The van der Waals surface area contributed by atoms with Gasteiger partial charge in [0.15, 0.2) is 0 Å². The van der Waals surface area contributed by atoms with E-state index in [1.165, 1.54) is 19.3 Å². The molecule has 1 atom stereocenters. The fourth-order valence-corrected chi connectivity index (χ4v) is 2.50. The molecule has 84 valence electrons. The molecule has 1 heterocycles. The molecule has 2 nitrogen and oxygen atoms in total. The van der Waals surface area contributed by atoms with Crippen LogP contribution < -0.4 is 0 Å². The molecule has 0 amide bonds. The molecule has 0 saturated carbocycles. The molecule has 0 spiro atoms. The molecule has 1 aliphatic rings. The van der Waals surface area contributed by atoms with Gasteiger partial charge in [0.1, 0.15) is 0 Å². The second kappa shape index (κ2) is 6.65. The highest BCUT2D eigenvalue weighted by molar-refractivity contribution is 6.18. The molecule has 0 N–H and O–H groups in total. The fourth-order valence-electron chi connectivity index (χ4n) is 2.30. The van der Waals surface area contributed by atoms with Crippen LogP contribution in [0.2, 0.25) is 0 Å². The Labute approximate surface area is 92.6 Å². The van der Waals surface area contributed by atoms with Crippen molar-refractivity contribution in [1.82, 2.24) is 4.90 Å². The van der Waals surface area contributed by atoms with Gasteiger partial charge in [-0.25, -0.2) is 0 Å². The van der Waals surface area contributed by atoms with E-state index in [-0.39, 0.29) is 0 Å². The van der Waals surface area contributed by atoms with Gasteiger partial charge in [0, 0.05) is 31.1 Å². The normalized spacial score (nSPS) is 22.5. The van der Waals surface area contributed by atoms with Gasteiger partial charge in [0.2, 0.25) is 0 Å². The van der Waals surface area contributed by atoms with E-state index in [9.17, 15) is 0 Å². The van der Waals surface area contributed by atoms with Crippen molar-refractivity contribution in [3.05, 3.63) is 0 Å².